The highest BCUT2D eigenvalue weighted by Gasteiger charge is 2.19. The first-order valence-electron chi connectivity index (χ1n) is 8.13. The minimum absolute atomic E-state index is 0.0886. The van der Waals surface area contributed by atoms with Gasteiger partial charge in [-0.15, -0.1) is 0 Å². The predicted molar refractivity (Wildman–Crippen MR) is 95.3 cm³/mol. The van der Waals surface area contributed by atoms with Crippen LogP contribution < -0.4 is 15.7 Å². The molecule has 3 heterocycles. The highest BCUT2D eigenvalue weighted by Crippen LogP contribution is 2.31. The van der Waals surface area contributed by atoms with Gasteiger partial charge in [0, 0.05) is 24.7 Å². The number of anilines is 1. The Labute approximate surface area is 148 Å². The number of carbonyl (C=O) groups excluding carboxylic acids is 1. The van der Waals surface area contributed by atoms with Crippen molar-refractivity contribution in [3.05, 3.63) is 47.3 Å². The van der Waals surface area contributed by atoms with E-state index in [9.17, 15) is 9.90 Å². The van der Waals surface area contributed by atoms with E-state index in [-0.39, 0.29) is 16.9 Å². The molecule has 0 bridgehead atoms. The fourth-order valence-corrected chi connectivity index (χ4v) is 3.11. The number of hydrogen-bond donors (Lipinski definition) is 2. The number of carbonyl (C=O) groups is 1. The van der Waals surface area contributed by atoms with Crippen LogP contribution in [0.2, 0.25) is 0 Å². The van der Waals surface area contributed by atoms with Gasteiger partial charge in [-0.25, -0.2) is 4.98 Å². The standard InChI is InChI=1S/C18H17N5O3/c1-10-3-4-13-14(15(10)26-2)21-18(23-6-5-20-16(13)23)22-17(25)11-7-12(24)9-19-8-11/h3-4,7-9,20,24H,5-6H2,1-2H3. The number of pyridine rings is 1. The van der Waals surface area contributed by atoms with Gasteiger partial charge in [0.05, 0.1) is 18.9 Å². The lowest BCUT2D eigenvalue weighted by Crippen LogP contribution is -2.25. The molecule has 0 unspecified atom stereocenters. The van der Waals surface area contributed by atoms with Crippen LogP contribution in [0.4, 0.5) is 5.82 Å². The molecule has 2 N–H and O–H groups in total. The molecule has 8 heteroatoms. The average molecular weight is 351 g/mol. The second-order valence-electron chi connectivity index (χ2n) is 6.00. The molecule has 8 nitrogen and oxygen atoms in total. The van der Waals surface area contributed by atoms with Crippen LogP contribution in [-0.2, 0) is 6.54 Å². The van der Waals surface area contributed by atoms with Gasteiger partial charge in [-0.05, 0) is 24.6 Å². The molecule has 0 radical (unpaired) electrons. The van der Waals surface area contributed by atoms with Crippen molar-refractivity contribution in [3.8, 4) is 11.5 Å². The molecule has 132 valence electrons. The third-order valence-electron chi connectivity index (χ3n) is 4.31. The maximum absolute atomic E-state index is 12.5. The molecule has 0 spiro atoms. The molecular weight excluding hydrogens is 334 g/mol. The molecular formula is C18H17N5O3. The van der Waals surface area contributed by atoms with Crippen molar-refractivity contribution in [2.45, 2.75) is 13.5 Å². The summed E-state index contributed by atoms with van der Waals surface area (Å²) in [4.78, 5) is 25.1. The first-order chi connectivity index (χ1) is 12.6. The summed E-state index contributed by atoms with van der Waals surface area (Å²) < 4.78 is 7.38. The highest BCUT2D eigenvalue weighted by atomic mass is 16.5. The van der Waals surface area contributed by atoms with E-state index in [0.717, 1.165) is 23.3 Å². The van der Waals surface area contributed by atoms with Gasteiger partial charge in [-0.2, -0.15) is 4.99 Å². The molecule has 1 aliphatic rings. The molecule has 1 amide bonds. The quantitative estimate of drug-likeness (QED) is 0.727. The van der Waals surface area contributed by atoms with Crippen LogP contribution >= 0.6 is 0 Å². The van der Waals surface area contributed by atoms with Crippen LogP contribution in [0.15, 0.2) is 35.6 Å². The van der Waals surface area contributed by atoms with Gasteiger partial charge in [0.2, 0.25) is 5.62 Å². The lowest BCUT2D eigenvalue weighted by Gasteiger charge is -2.12. The second-order valence-corrected chi connectivity index (χ2v) is 6.00. The molecule has 0 saturated carbocycles. The number of methoxy groups -OCH3 is 1. The van der Waals surface area contributed by atoms with Crippen LogP contribution in [0.5, 0.6) is 11.5 Å². The summed E-state index contributed by atoms with van der Waals surface area (Å²) >= 11 is 0. The average Bonchev–Trinajstić information content (AvgIpc) is 3.12. The number of ether oxygens (including phenoxy) is 1. The molecule has 1 aliphatic heterocycles. The van der Waals surface area contributed by atoms with E-state index in [2.05, 4.69) is 20.3 Å². The molecule has 4 rings (SSSR count). The number of aromatic nitrogens is 3. The van der Waals surface area contributed by atoms with Crippen molar-refractivity contribution < 1.29 is 14.6 Å². The Hall–Kier alpha value is -3.42. The Morgan fingerprint density at radius 3 is 3.00 bits per heavy atom. The maximum atomic E-state index is 12.5. The number of nitrogens with one attached hydrogen (secondary N) is 1. The number of benzene rings is 1. The lowest BCUT2D eigenvalue weighted by molar-refractivity contribution is 0.0995. The van der Waals surface area contributed by atoms with Crippen LogP contribution in [0.25, 0.3) is 10.9 Å². The smallest absolute Gasteiger partial charge is 0.281 e. The molecule has 0 atom stereocenters. The zero-order valence-corrected chi connectivity index (χ0v) is 14.4. The molecule has 26 heavy (non-hydrogen) atoms. The van der Waals surface area contributed by atoms with E-state index in [1.807, 2.05) is 23.6 Å². The van der Waals surface area contributed by atoms with Crippen LogP contribution in [0, 0.1) is 6.92 Å². The van der Waals surface area contributed by atoms with E-state index < -0.39 is 5.91 Å². The van der Waals surface area contributed by atoms with E-state index in [1.165, 1.54) is 18.5 Å². The Morgan fingerprint density at radius 1 is 1.38 bits per heavy atom. The molecule has 0 saturated heterocycles. The van der Waals surface area contributed by atoms with E-state index in [1.54, 1.807) is 7.11 Å². The third kappa shape index (κ3) is 2.55. The maximum Gasteiger partial charge on any atom is 0.281 e. The summed E-state index contributed by atoms with van der Waals surface area (Å²) in [7, 11) is 1.59. The van der Waals surface area contributed by atoms with Crippen molar-refractivity contribution in [1.29, 1.82) is 0 Å². The number of rotatable bonds is 2. The van der Waals surface area contributed by atoms with Crippen molar-refractivity contribution >= 4 is 22.6 Å². The second kappa shape index (κ2) is 6.14. The Balaban J connectivity index is 1.97. The number of hydrogen-bond acceptors (Lipinski definition) is 6. The molecule has 2 aromatic heterocycles. The Kier molecular flexibility index (Phi) is 3.80. The first kappa shape index (κ1) is 16.1. The summed E-state index contributed by atoms with van der Waals surface area (Å²) in [6.45, 7) is 3.31. The minimum atomic E-state index is -0.520. The normalized spacial score (nSPS) is 13.5. The number of aryl methyl sites for hydroxylation is 1. The summed E-state index contributed by atoms with van der Waals surface area (Å²) in [6.07, 6.45) is 2.62. The first-order valence-corrected chi connectivity index (χ1v) is 8.13. The summed E-state index contributed by atoms with van der Waals surface area (Å²) in [5.74, 6) is 0.902. The summed E-state index contributed by atoms with van der Waals surface area (Å²) in [6, 6.07) is 5.28. The predicted octanol–water partition coefficient (Wildman–Crippen LogP) is 1.62. The van der Waals surface area contributed by atoms with Crippen molar-refractivity contribution in [1.82, 2.24) is 14.5 Å². The largest absolute Gasteiger partial charge is 0.506 e. The summed E-state index contributed by atoms with van der Waals surface area (Å²) in [5, 5.41) is 13.8. The number of nitrogens with zero attached hydrogens (tertiary/aromatic N) is 4. The minimum Gasteiger partial charge on any atom is -0.506 e. The Morgan fingerprint density at radius 2 is 2.23 bits per heavy atom. The van der Waals surface area contributed by atoms with Crippen molar-refractivity contribution in [3.63, 3.8) is 0 Å². The van der Waals surface area contributed by atoms with Gasteiger partial charge in [0.25, 0.3) is 5.91 Å². The van der Waals surface area contributed by atoms with E-state index in [4.69, 9.17) is 4.74 Å². The van der Waals surface area contributed by atoms with Crippen LogP contribution in [0.3, 0.4) is 0 Å². The molecule has 0 fully saturated rings. The van der Waals surface area contributed by atoms with Gasteiger partial charge >= 0.3 is 0 Å². The van der Waals surface area contributed by atoms with E-state index >= 15 is 0 Å². The van der Waals surface area contributed by atoms with Gasteiger partial charge in [-0.1, -0.05) is 6.07 Å². The monoisotopic (exact) mass is 351 g/mol. The molecule has 3 aromatic rings. The fraction of sp³-hybridized carbons (Fsp3) is 0.222. The van der Waals surface area contributed by atoms with Gasteiger partial charge in [-0.3, -0.25) is 14.3 Å². The van der Waals surface area contributed by atoms with Gasteiger partial charge < -0.3 is 15.2 Å². The zero-order chi connectivity index (χ0) is 18.3. The molecule has 0 aliphatic carbocycles. The topological polar surface area (TPSA) is 102 Å². The van der Waals surface area contributed by atoms with Crippen molar-refractivity contribution in [2.24, 2.45) is 4.99 Å². The van der Waals surface area contributed by atoms with Gasteiger partial charge in [0.15, 0.2) is 0 Å². The van der Waals surface area contributed by atoms with Crippen LogP contribution in [0.1, 0.15) is 15.9 Å². The molecule has 1 aromatic carbocycles. The third-order valence-corrected chi connectivity index (χ3v) is 4.31. The van der Waals surface area contributed by atoms with Gasteiger partial charge in [0.1, 0.15) is 22.8 Å². The van der Waals surface area contributed by atoms with Crippen LogP contribution in [-0.4, -0.2) is 39.2 Å². The summed E-state index contributed by atoms with van der Waals surface area (Å²) in [5.41, 5.74) is 2.08. The lowest BCUT2D eigenvalue weighted by atomic mass is 10.1. The Bertz CT molecular complexity index is 1100. The fourth-order valence-electron chi connectivity index (χ4n) is 3.11. The highest BCUT2D eigenvalue weighted by molar-refractivity contribution is 5.96. The zero-order valence-electron chi connectivity index (χ0n) is 14.4. The number of amides is 1. The van der Waals surface area contributed by atoms with E-state index in [0.29, 0.717) is 17.8 Å². The van der Waals surface area contributed by atoms with Crippen molar-refractivity contribution in [2.75, 3.05) is 19.0 Å². The number of aromatic hydroxyl groups is 1. The number of fused-ring (bicyclic) bond motifs is 3. The SMILES string of the molecule is COc1c(C)ccc2c3n(c(=NC(=O)c4cncc(O)c4)nc12)CCN3.